The monoisotopic (exact) mass is 440 g/mol. The van der Waals surface area contributed by atoms with Gasteiger partial charge in [-0.25, -0.2) is 4.79 Å². The maximum absolute atomic E-state index is 11.9. The summed E-state index contributed by atoms with van der Waals surface area (Å²) in [6, 6.07) is 0. The highest BCUT2D eigenvalue weighted by atomic mass is 16.6. The van der Waals surface area contributed by atoms with Crippen LogP contribution in [0.1, 0.15) is 155 Å². The smallest absolute Gasteiger partial charge is 0.345 e. The van der Waals surface area contributed by atoms with Gasteiger partial charge in [-0.3, -0.25) is 4.79 Å². The second kappa shape index (κ2) is 23.6. The Labute approximate surface area is 192 Å². The fourth-order valence-corrected chi connectivity index (χ4v) is 4.02. The first kappa shape index (κ1) is 29.9. The largest absolute Gasteiger partial charge is 0.479 e. The Morgan fingerprint density at radius 2 is 0.935 bits per heavy atom. The average Bonchev–Trinajstić information content (AvgIpc) is 2.75. The van der Waals surface area contributed by atoms with Crippen molar-refractivity contribution in [3.05, 3.63) is 0 Å². The highest BCUT2D eigenvalue weighted by molar-refractivity contribution is 5.77. The van der Waals surface area contributed by atoms with Crippen molar-refractivity contribution in [2.24, 2.45) is 0 Å². The standard InChI is InChI=1S/C27H52O4/c1-3-5-7-9-11-12-13-14-15-16-18-19-21-23-25(27(29)30)31-26(28)24-22-20-17-10-8-6-4-2/h25H,3-24H2,1-2H3,(H,29,30). The Morgan fingerprint density at radius 1 is 0.581 bits per heavy atom. The molecule has 0 radical (unpaired) electrons. The summed E-state index contributed by atoms with van der Waals surface area (Å²) < 4.78 is 5.23. The van der Waals surface area contributed by atoms with E-state index in [1.54, 1.807) is 0 Å². The maximum atomic E-state index is 11.9. The lowest BCUT2D eigenvalue weighted by atomic mass is 10.0. The summed E-state index contributed by atoms with van der Waals surface area (Å²) >= 11 is 0. The van der Waals surface area contributed by atoms with E-state index in [0.717, 1.165) is 38.5 Å². The molecule has 1 unspecified atom stereocenters. The Balaban J connectivity index is 3.59. The molecule has 0 bridgehead atoms. The summed E-state index contributed by atoms with van der Waals surface area (Å²) in [5.74, 6) is -1.36. The van der Waals surface area contributed by atoms with Gasteiger partial charge in [0.2, 0.25) is 0 Å². The highest BCUT2D eigenvalue weighted by Gasteiger charge is 2.21. The average molecular weight is 441 g/mol. The predicted molar refractivity (Wildman–Crippen MR) is 130 cm³/mol. The Hall–Kier alpha value is -1.06. The fraction of sp³-hybridized carbons (Fsp3) is 0.926. The van der Waals surface area contributed by atoms with E-state index in [1.165, 1.54) is 89.9 Å². The van der Waals surface area contributed by atoms with Crippen LogP contribution in [0.2, 0.25) is 0 Å². The van der Waals surface area contributed by atoms with Gasteiger partial charge in [0.15, 0.2) is 6.10 Å². The zero-order valence-corrected chi connectivity index (χ0v) is 20.8. The van der Waals surface area contributed by atoms with Crippen molar-refractivity contribution >= 4 is 11.9 Å². The van der Waals surface area contributed by atoms with Crippen molar-refractivity contribution in [2.75, 3.05) is 0 Å². The van der Waals surface area contributed by atoms with E-state index in [0.29, 0.717) is 12.8 Å². The molecular weight excluding hydrogens is 388 g/mol. The van der Waals surface area contributed by atoms with Crippen LogP contribution in [0.3, 0.4) is 0 Å². The summed E-state index contributed by atoms with van der Waals surface area (Å²) in [7, 11) is 0. The molecule has 0 aliphatic carbocycles. The molecule has 0 aromatic heterocycles. The van der Waals surface area contributed by atoms with Crippen molar-refractivity contribution in [3.63, 3.8) is 0 Å². The molecule has 0 heterocycles. The molecule has 184 valence electrons. The number of hydrogen-bond donors (Lipinski definition) is 1. The molecule has 0 fully saturated rings. The summed E-state index contributed by atoms with van der Waals surface area (Å²) in [6.07, 6.45) is 24.2. The van der Waals surface area contributed by atoms with Crippen LogP contribution in [0.4, 0.5) is 0 Å². The number of unbranched alkanes of at least 4 members (excludes halogenated alkanes) is 18. The SMILES string of the molecule is CCCCCCCCCCCCCCCC(OC(=O)CCCCCCCCC)C(=O)O. The Bertz CT molecular complexity index is 408. The summed E-state index contributed by atoms with van der Waals surface area (Å²) in [5.41, 5.74) is 0. The molecule has 0 rings (SSSR count). The maximum Gasteiger partial charge on any atom is 0.345 e. The van der Waals surface area contributed by atoms with E-state index < -0.39 is 12.1 Å². The van der Waals surface area contributed by atoms with Gasteiger partial charge in [-0.2, -0.15) is 0 Å². The minimum Gasteiger partial charge on any atom is -0.479 e. The number of carbonyl (C=O) groups excluding carboxylic acids is 1. The number of carboxylic acids is 1. The van der Waals surface area contributed by atoms with E-state index in [2.05, 4.69) is 13.8 Å². The second-order valence-electron chi connectivity index (χ2n) is 9.22. The lowest BCUT2D eigenvalue weighted by molar-refractivity contribution is -0.164. The van der Waals surface area contributed by atoms with Crippen LogP contribution in [0.15, 0.2) is 0 Å². The van der Waals surface area contributed by atoms with Crippen LogP contribution in [-0.2, 0) is 14.3 Å². The number of aliphatic carboxylic acids is 1. The first-order valence-electron chi connectivity index (χ1n) is 13.5. The van der Waals surface area contributed by atoms with Crippen molar-refractivity contribution < 1.29 is 19.4 Å². The van der Waals surface area contributed by atoms with Gasteiger partial charge < -0.3 is 9.84 Å². The number of rotatable bonds is 24. The van der Waals surface area contributed by atoms with Crippen LogP contribution in [0, 0.1) is 0 Å². The molecule has 0 saturated carbocycles. The molecule has 0 amide bonds. The Morgan fingerprint density at radius 3 is 1.32 bits per heavy atom. The molecular formula is C27H52O4. The topological polar surface area (TPSA) is 63.6 Å². The fourth-order valence-electron chi connectivity index (χ4n) is 4.02. The van der Waals surface area contributed by atoms with Gasteiger partial charge in [-0.05, 0) is 19.3 Å². The number of carboxylic acid groups (broad SMARTS) is 1. The summed E-state index contributed by atoms with van der Waals surface area (Å²) in [4.78, 5) is 23.3. The molecule has 4 nitrogen and oxygen atoms in total. The van der Waals surface area contributed by atoms with Crippen molar-refractivity contribution in [2.45, 2.75) is 161 Å². The van der Waals surface area contributed by atoms with Crippen LogP contribution >= 0.6 is 0 Å². The first-order chi connectivity index (χ1) is 15.1. The Kier molecular flexibility index (Phi) is 22.8. The molecule has 0 saturated heterocycles. The van der Waals surface area contributed by atoms with Crippen LogP contribution in [0.5, 0.6) is 0 Å². The molecule has 0 aliphatic heterocycles. The molecule has 1 N–H and O–H groups in total. The number of ether oxygens (including phenoxy) is 1. The van der Waals surface area contributed by atoms with Crippen molar-refractivity contribution in [1.29, 1.82) is 0 Å². The predicted octanol–water partition coefficient (Wildman–Crippen LogP) is 8.60. The number of carbonyl (C=O) groups is 2. The molecule has 1 atom stereocenters. The molecule has 31 heavy (non-hydrogen) atoms. The third-order valence-corrected chi connectivity index (χ3v) is 6.10. The van der Waals surface area contributed by atoms with Gasteiger partial charge in [-0.15, -0.1) is 0 Å². The van der Waals surface area contributed by atoms with Gasteiger partial charge in [0.1, 0.15) is 0 Å². The van der Waals surface area contributed by atoms with Gasteiger partial charge in [0, 0.05) is 6.42 Å². The van der Waals surface area contributed by atoms with Gasteiger partial charge in [0.05, 0.1) is 0 Å². The molecule has 4 heteroatoms. The van der Waals surface area contributed by atoms with E-state index >= 15 is 0 Å². The quantitative estimate of drug-likeness (QED) is 0.120. The zero-order valence-electron chi connectivity index (χ0n) is 20.8. The number of hydrogen-bond acceptors (Lipinski definition) is 3. The third-order valence-electron chi connectivity index (χ3n) is 6.10. The third kappa shape index (κ3) is 21.9. The van der Waals surface area contributed by atoms with Gasteiger partial charge in [-0.1, -0.05) is 129 Å². The summed E-state index contributed by atoms with van der Waals surface area (Å²) in [5, 5.41) is 9.33. The lowest BCUT2D eigenvalue weighted by Gasteiger charge is -2.13. The minimum atomic E-state index is -1.01. The minimum absolute atomic E-state index is 0.343. The van der Waals surface area contributed by atoms with E-state index in [-0.39, 0.29) is 5.97 Å². The normalized spacial score (nSPS) is 12.1. The molecule has 0 aromatic carbocycles. The van der Waals surface area contributed by atoms with Crippen molar-refractivity contribution in [3.8, 4) is 0 Å². The zero-order chi connectivity index (χ0) is 23.0. The van der Waals surface area contributed by atoms with E-state index in [1.807, 2.05) is 0 Å². The second-order valence-corrected chi connectivity index (χ2v) is 9.22. The molecule has 0 aromatic rings. The van der Waals surface area contributed by atoms with Crippen LogP contribution in [0.25, 0.3) is 0 Å². The van der Waals surface area contributed by atoms with E-state index in [9.17, 15) is 14.7 Å². The van der Waals surface area contributed by atoms with Crippen LogP contribution < -0.4 is 0 Å². The van der Waals surface area contributed by atoms with Gasteiger partial charge in [0.25, 0.3) is 0 Å². The lowest BCUT2D eigenvalue weighted by Crippen LogP contribution is -2.27. The van der Waals surface area contributed by atoms with Crippen LogP contribution in [-0.4, -0.2) is 23.1 Å². The number of esters is 1. The molecule has 0 spiro atoms. The molecule has 0 aliphatic rings. The first-order valence-corrected chi connectivity index (χ1v) is 13.5. The van der Waals surface area contributed by atoms with Crippen molar-refractivity contribution in [1.82, 2.24) is 0 Å². The summed E-state index contributed by atoms with van der Waals surface area (Å²) in [6.45, 7) is 4.46. The highest BCUT2D eigenvalue weighted by Crippen LogP contribution is 2.15. The van der Waals surface area contributed by atoms with E-state index in [4.69, 9.17) is 4.74 Å². The van der Waals surface area contributed by atoms with Gasteiger partial charge >= 0.3 is 11.9 Å².